The second-order valence-electron chi connectivity index (χ2n) is 13.7. The smallest absolute Gasteiger partial charge is 0.414 e. The van der Waals surface area contributed by atoms with Gasteiger partial charge in [-0.3, -0.25) is 19.4 Å². The second-order valence-corrected chi connectivity index (χ2v) is 13.7. The molecule has 4 amide bonds. The fourth-order valence-electron chi connectivity index (χ4n) is 7.98. The van der Waals surface area contributed by atoms with Crippen LogP contribution in [0.2, 0.25) is 0 Å². The molecule has 1 aromatic carbocycles. The summed E-state index contributed by atoms with van der Waals surface area (Å²) in [5.74, 6) is 1.87. The maximum Gasteiger partial charge on any atom is 0.414 e. The lowest BCUT2D eigenvalue weighted by Crippen LogP contribution is -2.59. The molecular weight excluding hydrogens is 656 g/mol. The quantitative estimate of drug-likeness (QED) is 0.127. The van der Waals surface area contributed by atoms with E-state index in [0.717, 1.165) is 75.4 Å². The number of guanidine groups is 1. The Morgan fingerprint density at radius 3 is 2.47 bits per heavy atom. The normalized spacial score (nSPS) is 22.6. The maximum atomic E-state index is 12.8. The number of rotatable bonds is 11. The van der Waals surface area contributed by atoms with Gasteiger partial charge in [-0.2, -0.15) is 0 Å². The van der Waals surface area contributed by atoms with Crippen molar-refractivity contribution in [3.8, 4) is 11.5 Å². The van der Waals surface area contributed by atoms with E-state index < -0.39 is 11.9 Å². The molecule has 7 N–H and O–H groups in total. The van der Waals surface area contributed by atoms with Gasteiger partial charge in [0.05, 0.1) is 20.8 Å². The number of carbonyl (C=O) groups is 4. The molecule has 2 aliphatic heterocycles. The Bertz CT molecular complexity index is 1470. The summed E-state index contributed by atoms with van der Waals surface area (Å²) in [6.07, 6.45) is 9.98. The van der Waals surface area contributed by atoms with Gasteiger partial charge in [-0.15, -0.1) is 0 Å². The summed E-state index contributed by atoms with van der Waals surface area (Å²) in [5, 5.41) is 7.35. The van der Waals surface area contributed by atoms with Gasteiger partial charge in [-0.05, 0) is 88.6 Å². The SMILES string of the molecule is CNC(=O)C(CCCN=C(N)N)NC(=O)CNC(C)=O.COc1ccc2c(c1OC)C13CCN(C)C(C2)C1CC=C(OC(=O)N1CCCCC1)C3. The van der Waals surface area contributed by atoms with Crippen molar-refractivity contribution in [3.05, 3.63) is 35.1 Å². The molecule has 2 saturated heterocycles. The zero-order valence-corrected chi connectivity index (χ0v) is 30.7. The maximum absolute atomic E-state index is 12.8. The molecule has 1 aromatic rings. The van der Waals surface area contributed by atoms with E-state index in [1.807, 2.05) is 11.0 Å². The number of allylic oxidation sites excluding steroid dienone is 2. The summed E-state index contributed by atoms with van der Waals surface area (Å²) in [4.78, 5) is 54.9. The first-order chi connectivity index (χ1) is 24.4. The highest BCUT2D eigenvalue weighted by molar-refractivity contribution is 5.89. The van der Waals surface area contributed by atoms with Gasteiger partial charge in [0.2, 0.25) is 17.7 Å². The van der Waals surface area contributed by atoms with Crippen LogP contribution in [-0.4, -0.2) is 113 Å². The lowest BCUT2D eigenvalue weighted by Gasteiger charge is -2.57. The van der Waals surface area contributed by atoms with E-state index in [2.05, 4.69) is 45.0 Å². The van der Waals surface area contributed by atoms with Crippen molar-refractivity contribution in [1.82, 2.24) is 25.8 Å². The number of carbonyl (C=O) groups excluding carboxylic acids is 4. The van der Waals surface area contributed by atoms with E-state index >= 15 is 0 Å². The number of likely N-dealkylation sites (N-methyl/N-ethyl adjacent to an activating group) is 2. The number of hydrogen-bond acceptors (Lipinski definition) is 9. The van der Waals surface area contributed by atoms with Crippen LogP contribution in [0.5, 0.6) is 11.5 Å². The van der Waals surface area contributed by atoms with Gasteiger partial charge in [0, 0.05) is 57.0 Å². The van der Waals surface area contributed by atoms with Crippen molar-refractivity contribution in [3.63, 3.8) is 0 Å². The number of amides is 4. The molecule has 4 unspecified atom stereocenters. The van der Waals surface area contributed by atoms with Crippen LogP contribution >= 0.6 is 0 Å². The largest absolute Gasteiger partial charge is 0.493 e. The number of nitrogens with zero attached hydrogens (tertiary/aromatic N) is 3. The predicted octanol–water partition coefficient (Wildman–Crippen LogP) is 1.53. The van der Waals surface area contributed by atoms with Crippen molar-refractivity contribution >= 4 is 29.8 Å². The van der Waals surface area contributed by atoms with Gasteiger partial charge in [0.15, 0.2) is 17.5 Å². The Balaban J connectivity index is 0.000000255. The van der Waals surface area contributed by atoms with Crippen LogP contribution in [0.3, 0.4) is 0 Å². The highest BCUT2D eigenvalue weighted by atomic mass is 16.6. The molecule has 2 bridgehead atoms. The summed E-state index contributed by atoms with van der Waals surface area (Å²) in [7, 11) is 7.16. The summed E-state index contributed by atoms with van der Waals surface area (Å²) in [5.41, 5.74) is 12.9. The minimum absolute atomic E-state index is 0.0174. The number of likely N-dealkylation sites (tertiary alicyclic amines) is 2. The number of aliphatic imine (C=N–C) groups is 1. The molecule has 0 radical (unpaired) electrons. The summed E-state index contributed by atoms with van der Waals surface area (Å²) in [6, 6.07) is 4.05. The highest BCUT2D eigenvalue weighted by Gasteiger charge is 2.55. The third-order valence-corrected chi connectivity index (χ3v) is 10.5. The Hall–Kier alpha value is -4.53. The molecule has 15 heteroatoms. The third kappa shape index (κ3) is 9.63. The van der Waals surface area contributed by atoms with Gasteiger partial charge in [-0.1, -0.05) is 6.07 Å². The first kappa shape index (κ1) is 39.3. The summed E-state index contributed by atoms with van der Waals surface area (Å²) < 4.78 is 17.6. The minimum atomic E-state index is -0.685. The van der Waals surface area contributed by atoms with Gasteiger partial charge in [-0.25, -0.2) is 4.79 Å². The first-order valence-electron chi connectivity index (χ1n) is 17.8. The second kappa shape index (κ2) is 18.1. The van der Waals surface area contributed by atoms with E-state index in [0.29, 0.717) is 31.3 Å². The molecule has 0 aromatic heterocycles. The van der Waals surface area contributed by atoms with E-state index in [1.54, 1.807) is 14.2 Å². The molecule has 15 nitrogen and oxygen atoms in total. The standard InChI is InChI=1S/C25H34N2O4.C11H22N6O3/c1-26-14-11-25-16-18(31-24(28)27-12-5-4-6-13-27)8-9-19(25)20(26)15-17-7-10-21(29-2)23(30-3)22(17)25;1-7(18)16-6-9(19)17-8(10(20)14-2)4-3-5-15-11(12)13/h7-8,10,19-20H,4-6,9,11-16H2,1-3H3;8H,3-6H2,1-2H3,(H,14,20)(H,16,18)(H,17,19)(H4,12,13,15). The van der Waals surface area contributed by atoms with Gasteiger partial charge >= 0.3 is 6.09 Å². The molecule has 0 saturated carbocycles. The Kier molecular flexibility index (Phi) is 13.9. The molecular formula is C36H56N8O7. The molecule has 0 spiro atoms. The van der Waals surface area contributed by atoms with Crippen molar-refractivity contribution in [2.45, 2.75) is 82.2 Å². The minimum Gasteiger partial charge on any atom is -0.493 e. The van der Waals surface area contributed by atoms with E-state index in [-0.39, 0.29) is 35.8 Å². The molecule has 4 atom stereocenters. The first-order valence-corrected chi connectivity index (χ1v) is 17.8. The topological polar surface area (TPSA) is 203 Å². The molecule has 2 heterocycles. The lowest BCUT2D eigenvalue weighted by molar-refractivity contribution is -0.129. The molecule has 5 rings (SSSR count). The number of piperidine rings is 2. The van der Waals surface area contributed by atoms with E-state index in [9.17, 15) is 19.2 Å². The zero-order valence-electron chi connectivity index (χ0n) is 30.7. The molecule has 51 heavy (non-hydrogen) atoms. The molecule has 282 valence electrons. The Morgan fingerprint density at radius 1 is 1.08 bits per heavy atom. The highest BCUT2D eigenvalue weighted by Crippen LogP contribution is 2.59. The summed E-state index contributed by atoms with van der Waals surface area (Å²) >= 11 is 0. The van der Waals surface area contributed by atoms with E-state index in [1.165, 1.54) is 31.5 Å². The number of fused-ring (bicyclic) bond motifs is 1. The fourth-order valence-corrected chi connectivity index (χ4v) is 7.98. The fraction of sp³-hybridized carbons (Fsp3) is 0.639. The molecule has 2 fully saturated rings. The number of benzene rings is 1. The van der Waals surface area contributed by atoms with Crippen LogP contribution in [0.1, 0.15) is 69.4 Å². The van der Waals surface area contributed by atoms with E-state index in [4.69, 9.17) is 25.7 Å². The van der Waals surface area contributed by atoms with Gasteiger partial charge in [0.1, 0.15) is 11.8 Å². The van der Waals surface area contributed by atoms with Crippen LogP contribution in [0.25, 0.3) is 0 Å². The van der Waals surface area contributed by atoms with Crippen LogP contribution in [0.15, 0.2) is 29.0 Å². The Labute approximate surface area is 300 Å². The van der Waals surface area contributed by atoms with Crippen LogP contribution in [0, 0.1) is 5.92 Å². The lowest BCUT2D eigenvalue weighted by atomic mass is 9.53. The van der Waals surface area contributed by atoms with Gasteiger partial charge in [0.25, 0.3) is 0 Å². The number of nitrogens with two attached hydrogens (primary N) is 2. The zero-order chi connectivity index (χ0) is 37.1. The van der Waals surface area contributed by atoms with Crippen molar-refractivity contribution in [2.75, 3.05) is 61.0 Å². The van der Waals surface area contributed by atoms with Crippen LogP contribution < -0.4 is 36.9 Å². The third-order valence-electron chi connectivity index (χ3n) is 10.5. The van der Waals surface area contributed by atoms with Crippen molar-refractivity contribution < 1.29 is 33.4 Å². The molecule has 2 aliphatic carbocycles. The van der Waals surface area contributed by atoms with Crippen LogP contribution in [0.4, 0.5) is 4.79 Å². The van der Waals surface area contributed by atoms with Gasteiger partial charge < -0.3 is 51.4 Å². The average Bonchev–Trinajstić information content (AvgIpc) is 3.13. The monoisotopic (exact) mass is 712 g/mol. The predicted molar refractivity (Wildman–Crippen MR) is 193 cm³/mol. The van der Waals surface area contributed by atoms with Crippen LogP contribution in [-0.2, 0) is 31.0 Å². The number of methoxy groups -OCH3 is 2. The number of nitrogens with one attached hydrogen (secondary N) is 3. The Morgan fingerprint density at radius 2 is 1.82 bits per heavy atom. The average molecular weight is 713 g/mol. The van der Waals surface area contributed by atoms with Crippen molar-refractivity contribution in [2.24, 2.45) is 22.4 Å². The van der Waals surface area contributed by atoms with Crippen molar-refractivity contribution in [1.29, 1.82) is 0 Å². The summed E-state index contributed by atoms with van der Waals surface area (Å²) in [6.45, 7) is 4.16. The molecule has 4 aliphatic rings. The number of hydrogen-bond donors (Lipinski definition) is 5. The number of ether oxygens (including phenoxy) is 3.